The Morgan fingerprint density at radius 1 is 1.53 bits per heavy atom. The summed E-state index contributed by atoms with van der Waals surface area (Å²) in [6.07, 6.45) is 0.869. The maximum Gasteiger partial charge on any atom is 0.261 e. The third-order valence-electron chi connectivity index (χ3n) is 2.31. The van der Waals surface area contributed by atoms with Gasteiger partial charge in [0.25, 0.3) is 5.91 Å². The Bertz CT molecular complexity index is 490. The van der Waals surface area contributed by atoms with Crippen molar-refractivity contribution in [3.05, 3.63) is 38.7 Å². The number of hydrogen-bond donors (Lipinski definition) is 2. The van der Waals surface area contributed by atoms with E-state index in [4.69, 9.17) is 0 Å². The molecule has 0 aliphatic carbocycles. The van der Waals surface area contributed by atoms with Gasteiger partial charge < -0.3 is 5.32 Å². The van der Waals surface area contributed by atoms with Crippen molar-refractivity contribution in [2.45, 2.75) is 24.3 Å². The summed E-state index contributed by atoms with van der Waals surface area (Å²) in [5.74, 6) is -0.0157. The van der Waals surface area contributed by atoms with Crippen molar-refractivity contribution in [2.75, 3.05) is 0 Å². The predicted molar refractivity (Wildman–Crippen MR) is 76.5 cm³/mol. The predicted octanol–water partition coefficient (Wildman–Crippen LogP) is 3.46. The highest BCUT2D eigenvalue weighted by Gasteiger charge is 2.12. The van der Waals surface area contributed by atoms with Crippen molar-refractivity contribution >= 4 is 41.2 Å². The lowest BCUT2D eigenvalue weighted by Gasteiger charge is -2.12. The summed E-state index contributed by atoms with van der Waals surface area (Å²) in [5, 5.41) is 9.02. The Hall–Kier alpha value is -0.780. The Morgan fingerprint density at radius 3 is 2.94 bits per heavy atom. The fourth-order valence-corrected chi connectivity index (χ4v) is 3.29. The first kappa shape index (κ1) is 12.7. The third kappa shape index (κ3) is 3.59. The van der Waals surface area contributed by atoms with Crippen molar-refractivity contribution in [2.24, 2.45) is 0 Å². The number of nitrogens with one attached hydrogen (secondary N) is 1. The van der Waals surface area contributed by atoms with Gasteiger partial charge in [0.05, 0.1) is 4.88 Å². The Kier molecular flexibility index (Phi) is 4.25. The first-order valence-electron chi connectivity index (χ1n) is 5.24. The van der Waals surface area contributed by atoms with E-state index in [1.807, 2.05) is 12.3 Å². The Labute approximate surface area is 114 Å². The van der Waals surface area contributed by atoms with Crippen LogP contribution in [0.3, 0.4) is 0 Å². The molecule has 1 amide bonds. The summed E-state index contributed by atoms with van der Waals surface area (Å²) < 4.78 is 0. The molecule has 0 saturated carbocycles. The molecular formula is C12H13NOS3. The standard InChI is InChI=1S/C12H13NOS3/c1-8(4-9-2-3-16-6-9)13-12(14)11-5-10(15)7-17-11/h2-3,5-8,15H,4H2,1H3,(H,13,14). The highest BCUT2D eigenvalue weighted by molar-refractivity contribution is 7.80. The van der Waals surface area contributed by atoms with Gasteiger partial charge >= 0.3 is 0 Å². The lowest BCUT2D eigenvalue weighted by molar-refractivity contribution is 0.0944. The number of rotatable bonds is 4. The molecule has 2 nitrogen and oxygen atoms in total. The van der Waals surface area contributed by atoms with Crippen molar-refractivity contribution in [1.29, 1.82) is 0 Å². The van der Waals surface area contributed by atoms with Crippen LogP contribution in [0.2, 0.25) is 0 Å². The molecule has 0 bridgehead atoms. The molecule has 90 valence electrons. The van der Waals surface area contributed by atoms with E-state index in [1.165, 1.54) is 16.9 Å². The minimum absolute atomic E-state index is 0.0157. The molecule has 0 aliphatic heterocycles. The molecule has 0 aromatic carbocycles. The summed E-state index contributed by atoms with van der Waals surface area (Å²) in [6.45, 7) is 2.02. The molecule has 1 unspecified atom stereocenters. The summed E-state index contributed by atoms with van der Waals surface area (Å²) >= 11 is 7.29. The number of hydrogen-bond acceptors (Lipinski definition) is 4. The average Bonchev–Trinajstić information content (AvgIpc) is 2.89. The second-order valence-corrected chi connectivity index (χ2v) is 6.09. The van der Waals surface area contributed by atoms with Crippen LogP contribution in [0.5, 0.6) is 0 Å². The molecular weight excluding hydrogens is 270 g/mol. The van der Waals surface area contributed by atoms with Gasteiger partial charge in [0.15, 0.2) is 0 Å². The Morgan fingerprint density at radius 2 is 2.35 bits per heavy atom. The van der Waals surface area contributed by atoms with Crippen LogP contribution in [-0.4, -0.2) is 11.9 Å². The van der Waals surface area contributed by atoms with Gasteiger partial charge in [0, 0.05) is 16.3 Å². The van der Waals surface area contributed by atoms with E-state index in [1.54, 1.807) is 17.4 Å². The lowest BCUT2D eigenvalue weighted by atomic mass is 10.1. The molecule has 2 rings (SSSR count). The van der Waals surface area contributed by atoms with Crippen LogP contribution in [-0.2, 0) is 6.42 Å². The minimum Gasteiger partial charge on any atom is -0.349 e. The summed E-state index contributed by atoms with van der Waals surface area (Å²) in [5.41, 5.74) is 1.27. The quantitative estimate of drug-likeness (QED) is 0.827. The van der Waals surface area contributed by atoms with Crippen molar-refractivity contribution in [3.8, 4) is 0 Å². The molecule has 17 heavy (non-hydrogen) atoms. The molecule has 5 heteroatoms. The average molecular weight is 283 g/mol. The van der Waals surface area contributed by atoms with Gasteiger partial charge in [-0.15, -0.1) is 24.0 Å². The van der Waals surface area contributed by atoms with Gasteiger partial charge in [0.2, 0.25) is 0 Å². The van der Waals surface area contributed by atoms with E-state index in [0.717, 1.165) is 11.3 Å². The fourth-order valence-electron chi connectivity index (χ4n) is 1.55. The van der Waals surface area contributed by atoms with Crippen LogP contribution in [0.4, 0.5) is 0 Å². The summed E-state index contributed by atoms with van der Waals surface area (Å²) in [7, 11) is 0. The first-order chi connectivity index (χ1) is 8.15. The SMILES string of the molecule is CC(Cc1ccsc1)NC(=O)c1cc(S)cs1. The molecule has 0 fully saturated rings. The van der Waals surface area contributed by atoms with Gasteiger partial charge in [-0.25, -0.2) is 0 Å². The van der Waals surface area contributed by atoms with Crippen LogP contribution in [0.15, 0.2) is 33.2 Å². The molecule has 2 heterocycles. The molecule has 0 radical (unpaired) electrons. The van der Waals surface area contributed by atoms with E-state index < -0.39 is 0 Å². The second kappa shape index (κ2) is 5.71. The summed E-state index contributed by atoms with van der Waals surface area (Å²) in [4.78, 5) is 13.4. The highest BCUT2D eigenvalue weighted by Crippen LogP contribution is 2.17. The van der Waals surface area contributed by atoms with E-state index in [0.29, 0.717) is 4.88 Å². The molecule has 2 aromatic rings. The second-order valence-electron chi connectivity index (χ2n) is 3.88. The highest BCUT2D eigenvalue weighted by atomic mass is 32.1. The zero-order chi connectivity index (χ0) is 12.3. The topological polar surface area (TPSA) is 29.1 Å². The number of carbonyl (C=O) groups excluding carboxylic acids is 1. The van der Waals surface area contributed by atoms with Crippen molar-refractivity contribution in [1.82, 2.24) is 5.32 Å². The maximum absolute atomic E-state index is 11.9. The van der Waals surface area contributed by atoms with E-state index in [2.05, 4.69) is 34.8 Å². The van der Waals surface area contributed by atoms with E-state index >= 15 is 0 Å². The van der Waals surface area contributed by atoms with Crippen LogP contribution in [0.1, 0.15) is 22.2 Å². The number of amides is 1. The van der Waals surface area contributed by atoms with Crippen molar-refractivity contribution < 1.29 is 4.79 Å². The number of thiol groups is 1. The third-order valence-corrected chi connectivity index (χ3v) is 4.40. The zero-order valence-corrected chi connectivity index (χ0v) is 11.9. The molecule has 1 atom stereocenters. The molecule has 0 saturated heterocycles. The van der Waals surface area contributed by atoms with Gasteiger partial charge in [-0.3, -0.25) is 4.79 Å². The zero-order valence-electron chi connectivity index (χ0n) is 9.34. The minimum atomic E-state index is -0.0157. The van der Waals surface area contributed by atoms with Crippen LogP contribution in [0, 0.1) is 0 Å². The lowest BCUT2D eigenvalue weighted by Crippen LogP contribution is -2.33. The Balaban J connectivity index is 1.90. The van der Waals surface area contributed by atoms with Crippen LogP contribution in [0.25, 0.3) is 0 Å². The van der Waals surface area contributed by atoms with E-state index in [9.17, 15) is 4.79 Å². The molecule has 0 aliphatic rings. The van der Waals surface area contributed by atoms with E-state index in [-0.39, 0.29) is 11.9 Å². The van der Waals surface area contributed by atoms with Gasteiger partial charge in [-0.1, -0.05) is 0 Å². The van der Waals surface area contributed by atoms with Crippen molar-refractivity contribution in [3.63, 3.8) is 0 Å². The van der Waals surface area contributed by atoms with Gasteiger partial charge in [0.1, 0.15) is 0 Å². The van der Waals surface area contributed by atoms with Gasteiger partial charge in [-0.2, -0.15) is 11.3 Å². The molecule has 2 aromatic heterocycles. The largest absolute Gasteiger partial charge is 0.349 e. The summed E-state index contributed by atoms with van der Waals surface area (Å²) in [6, 6.07) is 4.02. The van der Waals surface area contributed by atoms with Gasteiger partial charge in [-0.05, 0) is 41.8 Å². The number of carbonyl (C=O) groups is 1. The molecule has 0 spiro atoms. The van der Waals surface area contributed by atoms with Crippen LogP contribution < -0.4 is 5.32 Å². The fraction of sp³-hybridized carbons (Fsp3) is 0.250. The maximum atomic E-state index is 11.9. The normalized spacial score (nSPS) is 12.4. The number of thiophene rings is 2. The molecule has 1 N–H and O–H groups in total. The first-order valence-corrected chi connectivity index (χ1v) is 7.51. The monoisotopic (exact) mass is 283 g/mol. The van der Waals surface area contributed by atoms with Crippen LogP contribution >= 0.6 is 35.3 Å². The smallest absolute Gasteiger partial charge is 0.261 e.